The quantitative estimate of drug-likeness (QED) is 0.605. The van der Waals surface area contributed by atoms with Crippen LogP contribution in [0.4, 0.5) is 4.39 Å². The highest BCUT2D eigenvalue weighted by Gasteiger charge is 2.12. The van der Waals surface area contributed by atoms with Gasteiger partial charge >= 0.3 is 0 Å². The number of thioether (sulfide) groups is 1. The van der Waals surface area contributed by atoms with E-state index in [0.29, 0.717) is 11.1 Å². The molecular weight excluding hydrogens is 235 g/mol. The van der Waals surface area contributed by atoms with Gasteiger partial charge in [-0.05, 0) is 30.5 Å². The third-order valence-electron chi connectivity index (χ3n) is 2.44. The largest absolute Gasteiger partial charge is 0.289 e. The van der Waals surface area contributed by atoms with Crippen molar-refractivity contribution in [1.29, 1.82) is 0 Å². The van der Waals surface area contributed by atoms with Crippen LogP contribution < -0.4 is 0 Å². The molecule has 0 bridgehead atoms. The zero-order chi connectivity index (χ0) is 12.3. The van der Waals surface area contributed by atoms with Gasteiger partial charge in [0.1, 0.15) is 5.82 Å². The zero-order valence-electron chi connectivity index (χ0n) is 9.31. The van der Waals surface area contributed by atoms with Crippen LogP contribution in [0.2, 0.25) is 0 Å². The molecule has 0 heterocycles. The average Bonchev–Trinajstić information content (AvgIpc) is 2.38. The summed E-state index contributed by atoms with van der Waals surface area (Å²) in [4.78, 5) is 13.1. The lowest BCUT2D eigenvalue weighted by Gasteiger charge is -2.06. The van der Waals surface area contributed by atoms with Gasteiger partial charge in [-0.2, -0.15) is 0 Å². The molecule has 2 aromatic carbocycles. The second kappa shape index (κ2) is 5.15. The van der Waals surface area contributed by atoms with Crippen LogP contribution in [0.25, 0.3) is 0 Å². The highest BCUT2D eigenvalue weighted by atomic mass is 32.2. The highest BCUT2D eigenvalue weighted by Crippen LogP contribution is 2.22. The summed E-state index contributed by atoms with van der Waals surface area (Å²) in [5, 5.41) is 0. The van der Waals surface area contributed by atoms with Crippen molar-refractivity contribution in [3.63, 3.8) is 0 Å². The highest BCUT2D eigenvalue weighted by molar-refractivity contribution is 7.98. The minimum Gasteiger partial charge on any atom is -0.289 e. The molecule has 0 aliphatic heterocycles. The zero-order valence-corrected chi connectivity index (χ0v) is 10.1. The van der Waals surface area contributed by atoms with Crippen LogP contribution in [-0.4, -0.2) is 12.0 Å². The lowest BCUT2D eigenvalue weighted by molar-refractivity contribution is 0.103. The van der Waals surface area contributed by atoms with Crippen molar-refractivity contribution >= 4 is 17.5 Å². The molecule has 0 spiro atoms. The molecule has 0 N–H and O–H groups in total. The summed E-state index contributed by atoms with van der Waals surface area (Å²) < 4.78 is 13.1. The van der Waals surface area contributed by atoms with E-state index in [1.807, 2.05) is 24.5 Å². The van der Waals surface area contributed by atoms with Crippen molar-refractivity contribution in [1.82, 2.24) is 0 Å². The van der Waals surface area contributed by atoms with Crippen LogP contribution >= 0.6 is 11.8 Å². The molecule has 3 heteroatoms. The van der Waals surface area contributed by atoms with Crippen LogP contribution in [0.15, 0.2) is 53.4 Å². The van der Waals surface area contributed by atoms with E-state index >= 15 is 0 Å². The molecule has 0 unspecified atom stereocenters. The lowest BCUT2D eigenvalue weighted by Crippen LogP contribution is -2.03. The summed E-state index contributed by atoms with van der Waals surface area (Å²) in [7, 11) is 0. The van der Waals surface area contributed by atoms with Gasteiger partial charge in [-0.3, -0.25) is 4.79 Å². The van der Waals surface area contributed by atoms with Crippen molar-refractivity contribution in [3.8, 4) is 0 Å². The van der Waals surface area contributed by atoms with Gasteiger partial charge in [0.2, 0.25) is 0 Å². The average molecular weight is 246 g/mol. The van der Waals surface area contributed by atoms with Gasteiger partial charge in [0, 0.05) is 16.0 Å². The van der Waals surface area contributed by atoms with Crippen molar-refractivity contribution in [3.05, 3.63) is 65.5 Å². The van der Waals surface area contributed by atoms with Crippen LogP contribution in [0.1, 0.15) is 15.9 Å². The Morgan fingerprint density at radius 1 is 1.12 bits per heavy atom. The summed E-state index contributed by atoms with van der Waals surface area (Å²) in [6, 6.07) is 13.1. The predicted octanol–water partition coefficient (Wildman–Crippen LogP) is 3.78. The van der Waals surface area contributed by atoms with Crippen LogP contribution in [0.3, 0.4) is 0 Å². The number of hydrogen-bond acceptors (Lipinski definition) is 2. The summed E-state index contributed by atoms with van der Waals surface area (Å²) in [6.07, 6.45) is 1.91. The molecule has 2 rings (SSSR count). The maximum Gasteiger partial charge on any atom is 0.194 e. The first-order chi connectivity index (χ1) is 8.22. The minimum atomic E-state index is -0.391. The standard InChI is InChI=1S/C14H11FOS/c1-17-13-8-3-2-7-12(13)14(16)10-5-4-6-11(15)9-10/h2-9H,1H3. The van der Waals surface area contributed by atoms with Gasteiger partial charge in [-0.1, -0.05) is 24.3 Å². The third kappa shape index (κ3) is 2.56. The fraction of sp³-hybridized carbons (Fsp3) is 0.0714. The van der Waals surface area contributed by atoms with Gasteiger partial charge in [0.05, 0.1) is 0 Å². The molecule has 17 heavy (non-hydrogen) atoms. The predicted molar refractivity (Wildman–Crippen MR) is 68.1 cm³/mol. The maximum atomic E-state index is 13.1. The minimum absolute atomic E-state index is 0.144. The Morgan fingerprint density at radius 3 is 2.59 bits per heavy atom. The number of hydrogen-bond donors (Lipinski definition) is 0. The van der Waals surface area contributed by atoms with Crippen molar-refractivity contribution in [2.75, 3.05) is 6.26 Å². The van der Waals surface area contributed by atoms with Crippen LogP contribution in [0, 0.1) is 5.82 Å². The SMILES string of the molecule is CSc1ccccc1C(=O)c1cccc(F)c1. The van der Waals surface area contributed by atoms with Crippen molar-refractivity contribution in [2.45, 2.75) is 4.90 Å². The van der Waals surface area contributed by atoms with Crippen LogP contribution in [0.5, 0.6) is 0 Å². The second-order valence-electron chi connectivity index (χ2n) is 3.54. The first-order valence-corrected chi connectivity index (χ1v) is 6.38. The summed E-state index contributed by atoms with van der Waals surface area (Å²) >= 11 is 1.51. The fourth-order valence-electron chi connectivity index (χ4n) is 1.62. The second-order valence-corrected chi connectivity index (χ2v) is 4.39. The Morgan fingerprint density at radius 2 is 1.88 bits per heavy atom. The molecule has 0 aromatic heterocycles. The first kappa shape index (κ1) is 11.9. The molecule has 0 radical (unpaired) electrons. The number of rotatable bonds is 3. The van der Waals surface area contributed by atoms with E-state index in [0.717, 1.165) is 4.90 Å². The number of carbonyl (C=O) groups excluding carboxylic acids is 1. The van der Waals surface area contributed by atoms with E-state index in [1.165, 1.54) is 23.9 Å². The number of benzene rings is 2. The van der Waals surface area contributed by atoms with Gasteiger partial charge in [0.25, 0.3) is 0 Å². The van der Waals surface area contributed by atoms with E-state index < -0.39 is 5.82 Å². The van der Waals surface area contributed by atoms with E-state index in [1.54, 1.807) is 18.2 Å². The molecule has 0 aliphatic rings. The number of ketones is 1. The molecular formula is C14H11FOS. The summed E-state index contributed by atoms with van der Waals surface area (Å²) in [5.74, 6) is -0.535. The monoisotopic (exact) mass is 246 g/mol. The molecule has 0 atom stereocenters. The normalized spacial score (nSPS) is 10.2. The molecule has 0 amide bonds. The first-order valence-electron chi connectivity index (χ1n) is 5.15. The molecule has 0 fully saturated rings. The Balaban J connectivity index is 2.44. The van der Waals surface area contributed by atoms with Gasteiger partial charge in [0.15, 0.2) is 5.78 Å². The van der Waals surface area contributed by atoms with Gasteiger partial charge in [-0.25, -0.2) is 4.39 Å². The molecule has 2 aromatic rings. The smallest absolute Gasteiger partial charge is 0.194 e. The lowest BCUT2D eigenvalue weighted by atomic mass is 10.0. The van der Waals surface area contributed by atoms with E-state index in [4.69, 9.17) is 0 Å². The topological polar surface area (TPSA) is 17.1 Å². The molecule has 0 aliphatic carbocycles. The van der Waals surface area contributed by atoms with Gasteiger partial charge < -0.3 is 0 Å². The van der Waals surface area contributed by atoms with Crippen molar-refractivity contribution < 1.29 is 9.18 Å². The maximum absolute atomic E-state index is 13.1. The molecule has 0 saturated carbocycles. The third-order valence-corrected chi connectivity index (χ3v) is 3.23. The summed E-state index contributed by atoms with van der Waals surface area (Å²) in [6.45, 7) is 0. The fourth-order valence-corrected chi connectivity index (χ4v) is 2.21. The van der Waals surface area contributed by atoms with Crippen molar-refractivity contribution in [2.24, 2.45) is 0 Å². The van der Waals surface area contributed by atoms with E-state index in [2.05, 4.69) is 0 Å². The number of carbonyl (C=O) groups is 1. The molecule has 0 saturated heterocycles. The van der Waals surface area contributed by atoms with Gasteiger partial charge in [-0.15, -0.1) is 11.8 Å². The summed E-state index contributed by atoms with van der Waals surface area (Å²) in [5.41, 5.74) is 0.997. The number of halogens is 1. The Labute approximate surface area is 104 Å². The van der Waals surface area contributed by atoms with E-state index in [-0.39, 0.29) is 5.78 Å². The molecule has 86 valence electrons. The van der Waals surface area contributed by atoms with Crippen LogP contribution in [-0.2, 0) is 0 Å². The van der Waals surface area contributed by atoms with E-state index in [9.17, 15) is 9.18 Å². The Hall–Kier alpha value is -1.61. The Bertz CT molecular complexity index is 551. The Kier molecular flexibility index (Phi) is 3.59. The molecule has 1 nitrogen and oxygen atoms in total.